The third-order valence-electron chi connectivity index (χ3n) is 3.81. The molecule has 4 aromatic rings. The molecule has 0 aliphatic carbocycles. The number of aromatic nitrogens is 4. The molecule has 2 N–H and O–H groups in total. The predicted molar refractivity (Wildman–Crippen MR) is 95.4 cm³/mol. The van der Waals surface area contributed by atoms with Gasteiger partial charge >= 0.3 is 0 Å². The maximum absolute atomic E-state index is 4.72. The van der Waals surface area contributed by atoms with E-state index < -0.39 is 0 Å². The van der Waals surface area contributed by atoms with Crippen molar-refractivity contribution < 1.29 is 0 Å². The number of hydrogen-bond donors (Lipinski definition) is 2. The Morgan fingerprint density at radius 3 is 2.54 bits per heavy atom. The highest BCUT2D eigenvalue weighted by molar-refractivity contribution is 5.90. The van der Waals surface area contributed by atoms with Gasteiger partial charge in [0.1, 0.15) is 11.6 Å². The first-order chi connectivity index (χ1) is 11.8. The molecule has 5 heteroatoms. The third-order valence-corrected chi connectivity index (χ3v) is 3.81. The monoisotopic (exact) mass is 315 g/mol. The number of hydrogen-bond acceptors (Lipinski definition) is 4. The summed E-state index contributed by atoms with van der Waals surface area (Å²) in [6.07, 6.45) is 0.694. The van der Waals surface area contributed by atoms with Crippen molar-refractivity contribution in [1.29, 1.82) is 0 Å². The van der Waals surface area contributed by atoms with E-state index in [-0.39, 0.29) is 0 Å². The van der Waals surface area contributed by atoms with Gasteiger partial charge in [0.05, 0.1) is 5.52 Å². The van der Waals surface area contributed by atoms with E-state index in [1.54, 1.807) is 0 Å². The summed E-state index contributed by atoms with van der Waals surface area (Å²) >= 11 is 0. The number of nitrogens with zero attached hydrogens (tertiary/aromatic N) is 3. The molecule has 0 unspecified atom stereocenters. The molecule has 0 bridgehead atoms. The van der Waals surface area contributed by atoms with Gasteiger partial charge in [0.25, 0.3) is 0 Å². The highest BCUT2D eigenvalue weighted by Crippen LogP contribution is 2.24. The topological polar surface area (TPSA) is 66.5 Å². The maximum Gasteiger partial charge on any atom is 0.153 e. The van der Waals surface area contributed by atoms with Crippen molar-refractivity contribution in [2.75, 3.05) is 5.32 Å². The minimum atomic E-state index is 0.694. The van der Waals surface area contributed by atoms with E-state index in [1.807, 2.05) is 55.5 Å². The van der Waals surface area contributed by atoms with Gasteiger partial charge < -0.3 is 5.32 Å². The van der Waals surface area contributed by atoms with Gasteiger partial charge in [0, 0.05) is 23.6 Å². The first kappa shape index (κ1) is 14.4. The second-order valence-corrected chi connectivity index (χ2v) is 5.73. The minimum Gasteiger partial charge on any atom is -0.323 e. The van der Waals surface area contributed by atoms with Crippen LogP contribution in [0.15, 0.2) is 60.7 Å². The van der Waals surface area contributed by atoms with Gasteiger partial charge in [-0.2, -0.15) is 5.10 Å². The summed E-state index contributed by atoms with van der Waals surface area (Å²) in [6.45, 7) is 1.97. The van der Waals surface area contributed by atoms with E-state index in [1.165, 1.54) is 5.56 Å². The molecule has 118 valence electrons. The number of rotatable bonds is 4. The molecule has 0 atom stereocenters. The fourth-order valence-electron chi connectivity index (χ4n) is 2.68. The fraction of sp³-hybridized carbons (Fsp3) is 0.105. The van der Waals surface area contributed by atoms with Gasteiger partial charge in [-0.05, 0) is 24.6 Å². The molecular weight excluding hydrogens is 298 g/mol. The highest BCUT2D eigenvalue weighted by atomic mass is 15.2. The number of nitrogens with one attached hydrogen (secondary N) is 2. The van der Waals surface area contributed by atoms with E-state index in [2.05, 4.69) is 27.6 Å². The zero-order valence-electron chi connectivity index (χ0n) is 13.3. The van der Waals surface area contributed by atoms with Crippen molar-refractivity contribution in [1.82, 2.24) is 20.2 Å². The first-order valence-corrected chi connectivity index (χ1v) is 7.86. The highest BCUT2D eigenvalue weighted by Gasteiger charge is 2.09. The van der Waals surface area contributed by atoms with Crippen LogP contribution < -0.4 is 5.32 Å². The number of benzene rings is 2. The minimum absolute atomic E-state index is 0.694. The zero-order valence-corrected chi connectivity index (χ0v) is 13.3. The molecule has 0 radical (unpaired) electrons. The summed E-state index contributed by atoms with van der Waals surface area (Å²) in [7, 11) is 0. The second-order valence-electron chi connectivity index (χ2n) is 5.73. The Balaban J connectivity index is 1.75. The lowest BCUT2D eigenvalue weighted by atomic mass is 10.1. The van der Waals surface area contributed by atoms with Crippen LogP contribution in [0.1, 0.15) is 17.1 Å². The molecule has 0 fully saturated rings. The van der Waals surface area contributed by atoms with Crippen LogP contribution in [0.4, 0.5) is 11.6 Å². The van der Waals surface area contributed by atoms with Gasteiger partial charge in [0.2, 0.25) is 0 Å². The second kappa shape index (κ2) is 6.12. The van der Waals surface area contributed by atoms with Gasteiger partial charge in [-0.25, -0.2) is 9.97 Å². The van der Waals surface area contributed by atoms with Crippen LogP contribution in [-0.2, 0) is 6.42 Å². The smallest absolute Gasteiger partial charge is 0.153 e. The average Bonchev–Trinajstić information content (AvgIpc) is 3.01. The molecule has 0 saturated carbocycles. The van der Waals surface area contributed by atoms with Gasteiger partial charge in [-0.15, -0.1) is 0 Å². The van der Waals surface area contributed by atoms with Crippen LogP contribution >= 0.6 is 0 Å². The number of aromatic amines is 1. The van der Waals surface area contributed by atoms with Crippen LogP contribution in [0, 0.1) is 6.92 Å². The van der Waals surface area contributed by atoms with Crippen molar-refractivity contribution >= 4 is 22.5 Å². The van der Waals surface area contributed by atoms with Crippen molar-refractivity contribution in [2.24, 2.45) is 0 Å². The van der Waals surface area contributed by atoms with E-state index in [4.69, 9.17) is 9.97 Å². The van der Waals surface area contributed by atoms with Crippen molar-refractivity contribution in [3.05, 3.63) is 77.7 Å². The number of H-pyrrole nitrogens is 1. The quantitative estimate of drug-likeness (QED) is 0.597. The Morgan fingerprint density at radius 2 is 1.75 bits per heavy atom. The first-order valence-electron chi connectivity index (χ1n) is 7.86. The van der Waals surface area contributed by atoms with E-state index in [0.29, 0.717) is 6.42 Å². The molecule has 4 rings (SSSR count). The van der Waals surface area contributed by atoms with Crippen LogP contribution in [0.5, 0.6) is 0 Å². The van der Waals surface area contributed by atoms with E-state index in [0.717, 1.165) is 34.1 Å². The normalized spacial score (nSPS) is 10.9. The molecule has 2 aromatic carbocycles. The van der Waals surface area contributed by atoms with Gasteiger partial charge in [-0.1, -0.05) is 42.5 Å². The summed E-state index contributed by atoms with van der Waals surface area (Å²) in [5.41, 5.74) is 3.11. The van der Waals surface area contributed by atoms with Crippen LogP contribution in [0.25, 0.3) is 10.9 Å². The average molecular weight is 315 g/mol. The molecule has 2 heterocycles. The lowest BCUT2D eigenvalue weighted by molar-refractivity contribution is 0.992. The fourth-order valence-corrected chi connectivity index (χ4v) is 2.68. The Bertz CT molecular complexity index is 975. The predicted octanol–water partition coefficient (Wildman–Crippen LogP) is 4.00. The van der Waals surface area contributed by atoms with Crippen molar-refractivity contribution in [2.45, 2.75) is 13.3 Å². The van der Waals surface area contributed by atoms with E-state index in [9.17, 15) is 0 Å². The molecule has 0 amide bonds. The number of fused-ring (bicyclic) bond motifs is 1. The van der Waals surface area contributed by atoms with Gasteiger partial charge in [-0.3, -0.25) is 5.10 Å². The molecule has 5 nitrogen and oxygen atoms in total. The molecule has 0 aliphatic rings. The molecule has 0 spiro atoms. The van der Waals surface area contributed by atoms with Gasteiger partial charge in [0.15, 0.2) is 5.82 Å². The summed E-state index contributed by atoms with van der Waals surface area (Å²) in [4.78, 5) is 9.42. The molecular formula is C19H17N5. The summed E-state index contributed by atoms with van der Waals surface area (Å²) in [6, 6.07) is 20.2. The van der Waals surface area contributed by atoms with Crippen molar-refractivity contribution in [3.8, 4) is 0 Å². The number of aryl methyl sites for hydroxylation is 1. The van der Waals surface area contributed by atoms with E-state index >= 15 is 0 Å². The largest absolute Gasteiger partial charge is 0.323 e. The lowest BCUT2D eigenvalue weighted by Crippen LogP contribution is -2.03. The van der Waals surface area contributed by atoms with Crippen LogP contribution in [0.3, 0.4) is 0 Å². The molecule has 0 aliphatic heterocycles. The maximum atomic E-state index is 4.72. The molecule has 0 saturated heterocycles. The third kappa shape index (κ3) is 2.96. The standard InChI is InChI=1S/C19H17N5/c1-13-11-18(24-23-13)22-19-15-9-5-6-10-16(15)20-17(21-19)12-14-7-3-2-4-8-14/h2-11H,12H2,1H3,(H2,20,21,22,23,24). The van der Waals surface area contributed by atoms with Crippen LogP contribution in [0.2, 0.25) is 0 Å². The summed E-state index contributed by atoms with van der Waals surface area (Å²) in [5, 5.41) is 11.5. The lowest BCUT2D eigenvalue weighted by Gasteiger charge is -2.09. The Labute approximate surface area is 139 Å². The number of para-hydroxylation sites is 1. The van der Waals surface area contributed by atoms with Crippen LogP contribution in [-0.4, -0.2) is 20.2 Å². The zero-order chi connectivity index (χ0) is 16.4. The summed E-state index contributed by atoms with van der Waals surface area (Å²) in [5.74, 6) is 2.31. The SMILES string of the molecule is Cc1cc(Nc2nc(Cc3ccccc3)nc3ccccc23)n[nH]1. The molecule has 24 heavy (non-hydrogen) atoms. The van der Waals surface area contributed by atoms with Crippen molar-refractivity contribution in [3.63, 3.8) is 0 Å². The Hall–Kier alpha value is -3.21. The Morgan fingerprint density at radius 1 is 0.958 bits per heavy atom. The summed E-state index contributed by atoms with van der Waals surface area (Å²) < 4.78 is 0. The Kier molecular flexibility index (Phi) is 3.67. The molecule has 2 aromatic heterocycles. The number of anilines is 2.